The zero-order valence-corrected chi connectivity index (χ0v) is 16.7. The highest BCUT2D eigenvalue weighted by molar-refractivity contribution is 5.96. The van der Waals surface area contributed by atoms with Gasteiger partial charge in [-0.25, -0.2) is 0 Å². The van der Waals surface area contributed by atoms with Crippen LogP contribution in [0.15, 0.2) is 78.9 Å². The molecule has 1 saturated heterocycles. The van der Waals surface area contributed by atoms with Crippen molar-refractivity contribution in [3.8, 4) is 16.9 Å². The summed E-state index contributed by atoms with van der Waals surface area (Å²) in [5, 5.41) is 2.88. The van der Waals surface area contributed by atoms with Crippen molar-refractivity contribution >= 4 is 23.2 Å². The van der Waals surface area contributed by atoms with Gasteiger partial charge < -0.3 is 15.0 Å². The standard InChI is InChI=1S/C25H24N2O3/c28-24(26-20-12-14-21(15-13-20)27-17-6-11-25(27)29)16-18-30-23-10-5-4-9-22(23)19-7-2-1-3-8-19/h1-5,7-10,12-15H,6,11,16-18H2,(H,26,28). The van der Waals surface area contributed by atoms with Crippen LogP contribution >= 0.6 is 0 Å². The molecule has 5 heteroatoms. The number of carbonyl (C=O) groups is 2. The van der Waals surface area contributed by atoms with Gasteiger partial charge in [0, 0.05) is 29.9 Å². The van der Waals surface area contributed by atoms with Crippen LogP contribution in [-0.2, 0) is 9.59 Å². The molecule has 0 unspecified atom stereocenters. The Hall–Kier alpha value is -3.60. The third kappa shape index (κ3) is 4.69. The second-order valence-electron chi connectivity index (χ2n) is 7.20. The minimum absolute atomic E-state index is 0.114. The van der Waals surface area contributed by atoms with E-state index >= 15 is 0 Å². The number of para-hydroxylation sites is 1. The van der Waals surface area contributed by atoms with Crippen LogP contribution in [0.2, 0.25) is 0 Å². The first-order chi connectivity index (χ1) is 14.7. The molecule has 152 valence electrons. The van der Waals surface area contributed by atoms with Crippen LogP contribution in [0.1, 0.15) is 19.3 Å². The molecule has 0 spiro atoms. The van der Waals surface area contributed by atoms with Gasteiger partial charge in [0.1, 0.15) is 5.75 Å². The third-order valence-electron chi connectivity index (χ3n) is 5.09. The first-order valence-corrected chi connectivity index (χ1v) is 10.2. The summed E-state index contributed by atoms with van der Waals surface area (Å²) < 4.78 is 5.89. The van der Waals surface area contributed by atoms with E-state index in [1.54, 1.807) is 4.90 Å². The van der Waals surface area contributed by atoms with Crippen molar-refractivity contribution in [3.63, 3.8) is 0 Å². The Morgan fingerprint density at radius 2 is 1.67 bits per heavy atom. The second-order valence-corrected chi connectivity index (χ2v) is 7.20. The van der Waals surface area contributed by atoms with Crippen molar-refractivity contribution < 1.29 is 14.3 Å². The molecule has 0 radical (unpaired) electrons. The lowest BCUT2D eigenvalue weighted by Crippen LogP contribution is -2.23. The van der Waals surface area contributed by atoms with Gasteiger partial charge in [-0.05, 0) is 42.3 Å². The fourth-order valence-electron chi connectivity index (χ4n) is 3.57. The lowest BCUT2D eigenvalue weighted by Gasteiger charge is -2.16. The molecule has 1 fully saturated rings. The fraction of sp³-hybridized carbons (Fsp3) is 0.200. The molecular formula is C25H24N2O3. The third-order valence-corrected chi connectivity index (χ3v) is 5.09. The summed E-state index contributed by atoms with van der Waals surface area (Å²) in [6, 6.07) is 25.2. The molecule has 0 atom stereocenters. The average Bonchev–Trinajstić information content (AvgIpc) is 3.21. The van der Waals surface area contributed by atoms with Gasteiger partial charge in [0.15, 0.2) is 0 Å². The van der Waals surface area contributed by atoms with E-state index in [1.165, 1.54) is 0 Å². The molecule has 3 aromatic rings. The van der Waals surface area contributed by atoms with E-state index < -0.39 is 0 Å². The smallest absolute Gasteiger partial charge is 0.227 e. The second kappa shape index (κ2) is 9.27. The molecule has 0 saturated carbocycles. The van der Waals surface area contributed by atoms with Gasteiger partial charge in [-0.3, -0.25) is 9.59 Å². The lowest BCUT2D eigenvalue weighted by atomic mass is 10.1. The van der Waals surface area contributed by atoms with E-state index in [0.29, 0.717) is 12.1 Å². The summed E-state index contributed by atoms with van der Waals surface area (Å²) in [5.74, 6) is 0.799. The first-order valence-electron chi connectivity index (χ1n) is 10.2. The predicted molar refractivity (Wildman–Crippen MR) is 119 cm³/mol. The summed E-state index contributed by atoms with van der Waals surface area (Å²) in [5.41, 5.74) is 3.66. The zero-order valence-electron chi connectivity index (χ0n) is 16.7. The summed E-state index contributed by atoms with van der Waals surface area (Å²) in [6.45, 7) is 1.04. The highest BCUT2D eigenvalue weighted by atomic mass is 16.5. The van der Waals surface area contributed by atoms with E-state index in [2.05, 4.69) is 5.32 Å². The molecule has 1 N–H and O–H groups in total. The minimum Gasteiger partial charge on any atom is -0.492 e. The van der Waals surface area contributed by atoms with Gasteiger partial charge >= 0.3 is 0 Å². The van der Waals surface area contributed by atoms with Crippen LogP contribution in [-0.4, -0.2) is 25.0 Å². The number of hydrogen-bond acceptors (Lipinski definition) is 3. The molecule has 0 aliphatic carbocycles. The highest BCUT2D eigenvalue weighted by Crippen LogP contribution is 2.29. The maximum absolute atomic E-state index is 12.3. The van der Waals surface area contributed by atoms with Crippen LogP contribution in [0, 0.1) is 0 Å². The number of anilines is 2. The van der Waals surface area contributed by atoms with Gasteiger partial charge in [0.2, 0.25) is 11.8 Å². The summed E-state index contributed by atoms with van der Waals surface area (Å²) in [7, 11) is 0. The number of nitrogens with one attached hydrogen (secondary N) is 1. The van der Waals surface area contributed by atoms with Crippen LogP contribution in [0.4, 0.5) is 11.4 Å². The average molecular weight is 400 g/mol. The number of hydrogen-bond donors (Lipinski definition) is 1. The largest absolute Gasteiger partial charge is 0.492 e. The number of benzene rings is 3. The molecule has 5 nitrogen and oxygen atoms in total. The van der Waals surface area contributed by atoms with Gasteiger partial charge in [-0.15, -0.1) is 0 Å². The fourth-order valence-corrected chi connectivity index (χ4v) is 3.57. The van der Waals surface area contributed by atoms with Gasteiger partial charge in [0.25, 0.3) is 0 Å². The topological polar surface area (TPSA) is 58.6 Å². The molecular weight excluding hydrogens is 376 g/mol. The van der Waals surface area contributed by atoms with E-state index in [0.717, 1.165) is 35.5 Å². The molecule has 1 aliphatic heterocycles. The van der Waals surface area contributed by atoms with Crippen molar-refractivity contribution in [2.75, 3.05) is 23.4 Å². The van der Waals surface area contributed by atoms with Crippen molar-refractivity contribution in [1.82, 2.24) is 0 Å². The van der Waals surface area contributed by atoms with Crippen molar-refractivity contribution in [2.24, 2.45) is 0 Å². The van der Waals surface area contributed by atoms with Gasteiger partial charge in [-0.1, -0.05) is 48.5 Å². The molecule has 0 bridgehead atoms. The summed E-state index contributed by atoms with van der Waals surface area (Å²) in [6.07, 6.45) is 1.74. The zero-order chi connectivity index (χ0) is 20.8. The SMILES string of the molecule is O=C(CCOc1ccccc1-c1ccccc1)Nc1ccc(N2CCCC2=O)cc1. The van der Waals surface area contributed by atoms with Gasteiger partial charge in [0.05, 0.1) is 13.0 Å². The van der Waals surface area contributed by atoms with Gasteiger partial charge in [-0.2, -0.15) is 0 Å². The Kier molecular flexibility index (Phi) is 6.09. The molecule has 1 aliphatic rings. The van der Waals surface area contributed by atoms with Crippen molar-refractivity contribution in [3.05, 3.63) is 78.9 Å². The molecule has 4 rings (SSSR count). The predicted octanol–water partition coefficient (Wildman–Crippen LogP) is 4.89. The Morgan fingerprint density at radius 1 is 0.933 bits per heavy atom. The van der Waals surface area contributed by atoms with Crippen molar-refractivity contribution in [1.29, 1.82) is 0 Å². The quantitative estimate of drug-likeness (QED) is 0.614. The number of nitrogens with zero attached hydrogens (tertiary/aromatic N) is 1. The molecule has 30 heavy (non-hydrogen) atoms. The van der Waals surface area contributed by atoms with E-state index in [-0.39, 0.29) is 24.8 Å². The molecule has 1 heterocycles. The number of ether oxygens (including phenoxy) is 1. The lowest BCUT2D eigenvalue weighted by molar-refractivity contribution is -0.117. The first kappa shape index (κ1) is 19.7. The number of rotatable bonds is 7. The molecule has 0 aromatic heterocycles. The monoisotopic (exact) mass is 400 g/mol. The maximum atomic E-state index is 12.3. The maximum Gasteiger partial charge on any atom is 0.227 e. The van der Waals surface area contributed by atoms with Crippen molar-refractivity contribution in [2.45, 2.75) is 19.3 Å². The Balaban J connectivity index is 1.30. The van der Waals surface area contributed by atoms with Crippen LogP contribution < -0.4 is 15.0 Å². The molecule has 2 amide bonds. The molecule has 3 aromatic carbocycles. The van der Waals surface area contributed by atoms with Crippen LogP contribution in [0.3, 0.4) is 0 Å². The highest BCUT2D eigenvalue weighted by Gasteiger charge is 2.21. The number of amides is 2. The Bertz CT molecular complexity index is 1020. The Morgan fingerprint density at radius 3 is 2.40 bits per heavy atom. The van der Waals surface area contributed by atoms with Crippen LogP contribution in [0.5, 0.6) is 5.75 Å². The van der Waals surface area contributed by atoms with E-state index in [9.17, 15) is 9.59 Å². The van der Waals surface area contributed by atoms with Crippen LogP contribution in [0.25, 0.3) is 11.1 Å². The Labute approximate surface area is 176 Å². The summed E-state index contributed by atoms with van der Waals surface area (Å²) in [4.78, 5) is 25.9. The number of carbonyl (C=O) groups excluding carboxylic acids is 2. The minimum atomic E-state index is -0.114. The van der Waals surface area contributed by atoms with E-state index in [4.69, 9.17) is 4.74 Å². The normalized spacial score (nSPS) is 13.3. The van der Waals surface area contributed by atoms with E-state index in [1.807, 2.05) is 78.9 Å². The summed E-state index contributed by atoms with van der Waals surface area (Å²) >= 11 is 0.